The normalized spacial score (nSPS) is 5.33. The molecular formula is C6H8I2Os. The smallest absolute Gasteiger partial charge is 0 e. The van der Waals surface area contributed by atoms with Crippen LogP contribution in [0.15, 0.2) is 36.4 Å². The molecule has 0 aliphatic heterocycles. The fourth-order valence-corrected chi connectivity index (χ4v) is 0.385. The zero-order chi connectivity index (χ0) is 4.24. The van der Waals surface area contributed by atoms with Crippen LogP contribution < -0.4 is 0 Å². The molecule has 0 atom stereocenters. The first-order chi connectivity index (χ1) is 3.00. The van der Waals surface area contributed by atoms with E-state index >= 15 is 0 Å². The van der Waals surface area contributed by atoms with Crippen LogP contribution in [0.5, 0.6) is 0 Å². The fourth-order valence-electron chi connectivity index (χ4n) is 0.385. The van der Waals surface area contributed by atoms with E-state index in [2.05, 4.69) is 0 Å². The quantitative estimate of drug-likeness (QED) is 0.459. The van der Waals surface area contributed by atoms with Gasteiger partial charge in [0.25, 0.3) is 0 Å². The Morgan fingerprint density at radius 2 is 0.556 bits per heavy atom. The molecule has 0 aliphatic rings. The summed E-state index contributed by atoms with van der Waals surface area (Å²) in [7, 11) is 0. The van der Waals surface area contributed by atoms with Gasteiger partial charge in [-0.15, -0.1) is 48.0 Å². The maximum absolute atomic E-state index is 2.00. The largest absolute Gasteiger partial charge is 0.107 e. The van der Waals surface area contributed by atoms with E-state index in [1.54, 1.807) is 0 Å². The minimum absolute atomic E-state index is 0. The second-order valence-electron chi connectivity index (χ2n) is 1.15. The summed E-state index contributed by atoms with van der Waals surface area (Å²) in [6.07, 6.45) is 0. The molecule has 1 rings (SSSR count). The van der Waals surface area contributed by atoms with Gasteiger partial charge in [-0.05, 0) is 0 Å². The molecule has 0 bridgehead atoms. The van der Waals surface area contributed by atoms with Gasteiger partial charge in [-0.2, -0.15) is 0 Å². The average Bonchev–Trinajstić information content (AvgIpc) is 1.72. The van der Waals surface area contributed by atoms with Crippen LogP contribution in [0.1, 0.15) is 0 Å². The van der Waals surface area contributed by atoms with Crippen LogP contribution in [0.25, 0.3) is 0 Å². The summed E-state index contributed by atoms with van der Waals surface area (Å²) in [4.78, 5) is 0. The van der Waals surface area contributed by atoms with Gasteiger partial charge >= 0.3 is 0 Å². The zero-order valence-electron chi connectivity index (χ0n) is 4.63. The Labute approximate surface area is 103 Å². The Balaban J connectivity index is -0.000000120. The maximum atomic E-state index is 2.00. The van der Waals surface area contributed by atoms with E-state index in [4.69, 9.17) is 0 Å². The van der Waals surface area contributed by atoms with Crippen molar-refractivity contribution < 1.29 is 19.8 Å². The van der Waals surface area contributed by atoms with Crippen molar-refractivity contribution in [2.75, 3.05) is 0 Å². The Morgan fingerprint density at radius 1 is 0.444 bits per heavy atom. The first kappa shape index (κ1) is 16.7. The van der Waals surface area contributed by atoms with E-state index in [9.17, 15) is 0 Å². The van der Waals surface area contributed by atoms with Crippen LogP contribution in [0.2, 0.25) is 0 Å². The van der Waals surface area contributed by atoms with E-state index in [1.807, 2.05) is 36.4 Å². The molecule has 0 nitrogen and oxygen atoms in total. The van der Waals surface area contributed by atoms with Gasteiger partial charge in [-0.1, -0.05) is 36.4 Å². The van der Waals surface area contributed by atoms with Crippen LogP contribution in [0.3, 0.4) is 0 Å². The molecule has 0 saturated heterocycles. The molecule has 0 spiro atoms. The van der Waals surface area contributed by atoms with E-state index in [0.717, 1.165) is 0 Å². The monoisotopic (exact) mass is 526 g/mol. The summed E-state index contributed by atoms with van der Waals surface area (Å²) in [6, 6.07) is 12.0. The topological polar surface area (TPSA) is 0 Å². The van der Waals surface area contributed by atoms with Crippen molar-refractivity contribution in [2.24, 2.45) is 0 Å². The van der Waals surface area contributed by atoms with Crippen LogP contribution in [0.4, 0.5) is 0 Å². The van der Waals surface area contributed by atoms with Crippen molar-refractivity contribution in [2.45, 2.75) is 0 Å². The van der Waals surface area contributed by atoms with E-state index < -0.39 is 0 Å². The second kappa shape index (κ2) is 12.0. The van der Waals surface area contributed by atoms with Crippen molar-refractivity contribution >= 4 is 48.0 Å². The predicted molar refractivity (Wildman–Crippen MR) is 57.3 cm³/mol. The van der Waals surface area contributed by atoms with Gasteiger partial charge < -0.3 is 0 Å². The molecule has 0 aliphatic carbocycles. The zero-order valence-corrected chi connectivity index (χ0v) is 11.8. The molecule has 1 aromatic rings. The molecule has 0 saturated carbocycles. The molecule has 0 aromatic heterocycles. The average molecular weight is 524 g/mol. The van der Waals surface area contributed by atoms with Gasteiger partial charge in [0, 0.05) is 19.8 Å². The molecule has 0 unspecified atom stereocenters. The summed E-state index contributed by atoms with van der Waals surface area (Å²) in [6.45, 7) is 0. The Kier molecular flexibility index (Phi) is 22.4. The first-order valence-electron chi connectivity index (χ1n) is 2.00. The minimum Gasteiger partial charge on any atom is -0.107 e. The van der Waals surface area contributed by atoms with Crippen molar-refractivity contribution in [3.8, 4) is 0 Å². The minimum atomic E-state index is 0. The Bertz CT molecular complexity index is 83.0. The van der Waals surface area contributed by atoms with E-state index in [1.165, 1.54) is 0 Å². The molecular weight excluding hydrogens is 516 g/mol. The van der Waals surface area contributed by atoms with Crippen molar-refractivity contribution in [1.29, 1.82) is 0 Å². The third-order valence-electron chi connectivity index (χ3n) is 0.667. The van der Waals surface area contributed by atoms with Crippen LogP contribution in [-0.4, -0.2) is 0 Å². The van der Waals surface area contributed by atoms with Crippen LogP contribution >= 0.6 is 48.0 Å². The molecule has 0 fully saturated rings. The van der Waals surface area contributed by atoms with Crippen molar-refractivity contribution in [1.82, 2.24) is 0 Å². The molecule has 3 heteroatoms. The van der Waals surface area contributed by atoms with Crippen molar-refractivity contribution in [3.63, 3.8) is 0 Å². The summed E-state index contributed by atoms with van der Waals surface area (Å²) >= 11 is 0. The van der Waals surface area contributed by atoms with Gasteiger partial charge in [-0.25, -0.2) is 0 Å². The number of hydrogen-bond acceptors (Lipinski definition) is 0. The SMILES string of the molecule is I.I.[Os].c1ccccc1. The van der Waals surface area contributed by atoms with Gasteiger partial charge in [0.15, 0.2) is 0 Å². The third-order valence-corrected chi connectivity index (χ3v) is 0.667. The van der Waals surface area contributed by atoms with Crippen LogP contribution in [0, 0.1) is 0 Å². The first-order valence-corrected chi connectivity index (χ1v) is 2.00. The van der Waals surface area contributed by atoms with Gasteiger partial charge in [0.05, 0.1) is 0 Å². The van der Waals surface area contributed by atoms with Crippen LogP contribution in [-0.2, 0) is 19.8 Å². The Hall–Kier alpha value is 1.32. The summed E-state index contributed by atoms with van der Waals surface area (Å²) in [5.41, 5.74) is 0. The van der Waals surface area contributed by atoms with Crippen molar-refractivity contribution in [3.05, 3.63) is 36.4 Å². The fraction of sp³-hybridized carbons (Fsp3) is 0. The van der Waals surface area contributed by atoms with Gasteiger partial charge in [0.1, 0.15) is 0 Å². The molecule has 1 aromatic carbocycles. The molecule has 0 heterocycles. The van der Waals surface area contributed by atoms with Gasteiger partial charge in [-0.3, -0.25) is 0 Å². The summed E-state index contributed by atoms with van der Waals surface area (Å²) in [5, 5.41) is 0. The Morgan fingerprint density at radius 3 is 0.667 bits per heavy atom. The number of hydrogen-bond donors (Lipinski definition) is 0. The maximum Gasteiger partial charge on any atom is 0 e. The molecule has 54 valence electrons. The number of rotatable bonds is 0. The third kappa shape index (κ3) is 9.32. The molecule has 0 amide bonds. The number of benzene rings is 1. The summed E-state index contributed by atoms with van der Waals surface area (Å²) < 4.78 is 0. The molecule has 0 N–H and O–H groups in total. The summed E-state index contributed by atoms with van der Waals surface area (Å²) in [5.74, 6) is 0. The van der Waals surface area contributed by atoms with E-state index in [-0.39, 0.29) is 67.7 Å². The number of halogens is 2. The standard InChI is InChI=1S/C6H6.2HI.Os/c1-2-4-6-5-3-1;;;/h1-6H;2*1H;. The van der Waals surface area contributed by atoms with E-state index in [0.29, 0.717) is 0 Å². The van der Waals surface area contributed by atoms with Gasteiger partial charge in [0.2, 0.25) is 0 Å². The molecule has 0 radical (unpaired) electrons. The molecule has 9 heavy (non-hydrogen) atoms. The predicted octanol–water partition coefficient (Wildman–Crippen LogP) is 2.92. The second-order valence-corrected chi connectivity index (χ2v) is 1.15.